The highest BCUT2D eigenvalue weighted by Crippen LogP contribution is 2.20. The van der Waals surface area contributed by atoms with E-state index in [-0.39, 0.29) is 5.92 Å². The summed E-state index contributed by atoms with van der Waals surface area (Å²) >= 11 is 0. The van der Waals surface area contributed by atoms with Crippen molar-refractivity contribution in [2.75, 3.05) is 13.6 Å². The van der Waals surface area contributed by atoms with Gasteiger partial charge in [0.25, 0.3) is 0 Å². The van der Waals surface area contributed by atoms with Crippen LogP contribution in [0.2, 0.25) is 0 Å². The van der Waals surface area contributed by atoms with Crippen LogP contribution < -0.4 is 0 Å². The lowest BCUT2D eigenvalue weighted by Gasteiger charge is -2.27. The van der Waals surface area contributed by atoms with Gasteiger partial charge in [-0.05, 0) is 33.4 Å². The summed E-state index contributed by atoms with van der Waals surface area (Å²) in [5, 5.41) is 8.82. The molecule has 2 heteroatoms. The van der Waals surface area contributed by atoms with Crippen molar-refractivity contribution in [3.63, 3.8) is 0 Å². The lowest BCUT2D eigenvalue weighted by atomic mass is 9.98. The lowest BCUT2D eigenvalue weighted by Crippen LogP contribution is -2.35. The summed E-state index contributed by atoms with van der Waals surface area (Å²) in [5.74, 6) is 0.188. The molecule has 12 heavy (non-hydrogen) atoms. The Morgan fingerprint density at radius 1 is 1.42 bits per heavy atom. The van der Waals surface area contributed by atoms with Crippen molar-refractivity contribution in [1.29, 1.82) is 5.26 Å². The molecule has 1 heterocycles. The lowest BCUT2D eigenvalue weighted by molar-refractivity contribution is 0.211. The molecule has 0 aliphatic carbocycles. The molecule has 0 saturated carbocycles. The van der Waals surface area contributed by atoms with Crippen molar-refractivity contribution in [3.8, 4) is 6.07 Å². The SMILES string of the molecule is CC(C#N)C1CCCCCN1C. The summed E-state index contributed by atoms with van der Waals surface area (Å²) in [6, 6.07) is 2.85. The van der Waals surface area contributed by atoms with E-state index < -0.39 is 0 Å². The fraction of sp³-hybridized carbons (Fsp3) is 0.900. The third kappa shape index (κ3) is 2.22. The second-order valence-corrected chi connectivity index (χ2v) is 3.82. The molecule has 2 unspecified atom stereocenters. The predicted molar refractivity (Wildman–Crippen MR) is 49.7 cm³/mol. The quantitative estimate of drug-likeness (QED) is 0.596. The zero-order valence-electron chi connectivity index (χ0n) is 8.08. The maximum Gasteiger partial charge on any atom is 0.0669 e. The van der Waals surface area contributed by atoms with Crippen LogP contribution in [0.25, 0.3) is 0 Å². The van der Waals surface area contributed by atoms with E-state index in [1.165, 1.54) is 25.7 Å². The Labute approximate surface area is 75.2 Å². The summed E-state index contributed by atoms with van der Waals surface area (Å²) in [7, 11) is 2.14. The van der Waals surface area contributed by atoms with Gasteiger partial charge in [0.05, 0.1) is 12.0 Å². The van der Waals surface area contributed by atoms with Crippen LogP contribution in [-0.4, -0.2) is 24.5 Å². The van der Waals surface area contributed by atoms with Gasteiger partial charge in [0.1, 0.15) is 0 Å². The van der Waals surface area contributed by atoms with Crippen LogP contribution in [0.3, 0.4) is 0 Å². The van der Waals surface area contributed by atoms with E-state index in [0.29, 0.717) is 6.04 Å². The first-order valence-electron chi connectivity index (χ1n) is 4.85. The molecular formula is C10H18N2. The van der Waals surface area contributed by atoms with Gasteiger partial charge in [0.15, 0.2) is 0 Å². The Morgan fingerprint density at radius 3 is 2.83 bits per heavy atom. The number of hydrogen-bond donors (Lipinski definition) is 0. The second-order valence-electron chi connectivity index (χ2n) is 3.82. The van der Waals surface area contributed by atoms with E-state index in [9.17, 15) is 0 Å². The van der Waals surface area contributed by atoms with E-state index in [0.717, 1.165) is 6.54 Å². The van der Waals surface area contributed by atoms with E-state index >= 15 is 0 Å². The minimum atomic E-state index is 0.188. The van der Waals surface area contributed by atoms with Crippen molar-refractivity contribution in [3.05, 3.63) is 0 Å². The summed E-state index contributed by atoms with van der Waals surface area (Å²) in [6.45, 7) is 3.20. The molecule has 0 amide bonds. The maximum atomic E-state index is 8.82. The maximum absolute atomic E-state index is 8.82. The van der Waals surface area contributed by atoms with Crippen molar-refractivity contribution in [2.45, 2.75) is 38.6 Å². The van der Waals surface area contributed by atoms with E-state index in [4.69, 9.17) is 5.26 Å². The Hall–Kier alpha value is -0.550. The van der Waals surface area contributed by atoms with Crippen LogP contribution in [-0.2, 0) is 0 Å². The molecule has 1 aliphatic rings. The zero-order chi connectivity index (χ0) is 8.97. The van der Waals surface area contributed by atoms with E-state index in [1.807, 2.05) is 6.92 Å². The van der Waals surface area contributed by atoms with Crippen molar-refractivity contribution in [1.82, 2.24) is 4.90 Å². The van der Waals surface area contributed by atoms with Crippen LogP contribution in [0.5, 0.6) is 0 Å². The average molecular weight is 166 g/mol. The molecule has 0 spiro atoms. The van der Waals surface area contributed by atoms with Crippen LogP contribution in [0, 0.1) is 17.2 Å². The molecule has 0 N–H and O–H groups in total. The number of hydrogen-bond acceptors (Lipinski definition) is 2. The van der Waals surface area contributed by atoms with Gasteiger partial charge in [-0.1, -0.05) is 12.8 Å². The predicted octanol–water partition coefficient (Wildman–Crippen LogP) is 2.02. The van der Waals surface area contributed by atoms with Crippen molar-refractivity contribution in [2.24, 2.45) is 5.92 Å². The molecule has 0 radical (unpaired) electrons. The normalized spacial score (nSPS) is 28.9. The first-order valence-corrected chi connectivity index (χ1v) is 4.85. The first kappa shape index (κ1) is 9.54. The molecular weight excluding hydrogens is 148 g/mol. The third-order valence-electron chi connectivity index (χ3n) is 2.86. The summed E-state index contributed by atoms with van der Waals surface area (Å²) in [4.78, 5) is 2.35. The third-order valence-corrected chi connectivity index (χ3v) is 2.86. The molecule has 0 aromatic carbocycles. The topological polar surface area (TPSA) is 27.0 Å². The highest BCUT2D eigenvalue weighted by atomic mass is 15.1. The molecule has 2 atom stereocenters. The van der Waals surface area contributed by atoms with Crippen LogP contribution in [0.1, 0.15) is 32.6 Å². The number of nitriles is 1. The van der Waals surface area contributed by atoms with Crippen molar-refractivity contribution < 1.29 is 0 Å². The fourth-order valence-electron chi connectivity index (χ4n) is 2.00. The highest BCUT2D eigenvalue weighted by Gasteiger charge is 2.22. The van der Waals surface area contributed by atoms with Gasteiger partial charge < -0.3 is 4.90 Å². The molecule has 1 saturated heterocycles. The molecule has 1 aliphatic heterocycles. The molecule has 1 rings (SSSR count). The molecule has 2 nitrogen and oxygen atoms in total. The first-order chi connectivity index (χ1) is 5.75. The van der Waals surface area contributed by atoms with Gasteiger partial charge >= 0.3 is 0 Å². The summed E-state index contributed by atoms with van der Waals surface area (Å²) in [5.41, 5.74) is 0. The van der Waals surface area contributed by atoms with Crippen molar-refractivity contribution >= 4 is 0 Å². The Bertz CT molecular complexity index is 171. The number of rotatable bonds is 1. The minimum Gasteiger partial charge on any atom is -0.302 e. The van der Waals surface area contributed by atoms with Gasteiger partial charge in [-0.2, -0.15) is 5.26 Å². The minimum absolute atomic E-state index is 0.188. The standard InChI is InChI=1S/C10H18N2/c1-9(8-11)10-6-4-3-5-7-12(10)2/h9-10H,3-7H2,1-2H3. The second kappa shape index (κ2) is 4.47. The van der Waals surface area contributed by atoms with Crippen LogP contribution >= 0.6 is 0 Å². The van der Waals surface area contributed by atoms with Gasteiger partial charge in [-0.25, -0.2) is 0 Å². The Balaban J connectivity index is 2.54. The summed E-state index contributed by atoms with van der Waals surface area (Å²) in [6.07, 6.45) is 5.12. The monoisotopic (exact) mass is 166 g/mol. The van der Waals surface area contributed by atoms with Gasteiger partial charge in [0.2, 0.25) is 0 Å². The van der Waals surface area contributed by atoms with Gasteiger partial charge in [0, 0.05) is 6.04 Å². The molecule has 0 bridgehead atoms. The van der Waals surface area contributed by atoms with Gasteiger partial charge in [-0.15, -0.1) is 0 Å². The van der Waals surface area contributed by atoms with Gasteiger partial charge in [-0.3, -0.25) is 0 Å². The fourth-order valence-corrected chi connectivity index (χ4v) is 2.00. The summed E-state index contributed by atoms with van der Waals surface area (Å²) < 4.78 is 0. The Morgan fingerprint density at radius 2 is 2.17 bits per heavy atom. The number of nitrogens with zero attached hydrogens (tertiary/aromatic N) is 2. The molecule has 0 aromatic rings. The smallest absolute Gasteiger partial charge is 0.0669 e. The average Bonchev–Trinajstić information content (AvgIpc) is 2.28. The van der Waals surface area contributed by atoms with Crippen LogP contribution in [0.15, 0.2) is 0 Å². The molecule has 1 fully saturated rings. The number of likely N-dealkylation sites (tertiary alicyclic amines) is 1. The molecule has 68 valence electrons. The zero-order valence-corrected chi connectivity index (χ0v) is 8.08. The molecule has 0 aromatic heterocycles. The largest absolute Gasteiger partial charge is 0.302 e. The highest BCUT2D eigenvalue weighted by molar-refractivity contribution is 4.90. The van der Waals surface area contributed by atoms with E-state index in [1.54, 1.807) is 0 Å². The van der Waals surface area contributed by atoms with Crippen LogP contribution in [0.4, 0.5) is 0 Å². The van der Waals surface area contributed by atoms with E-state index in [2.05, 4.69) is 18.0 Å². The Kier molecular flexibility index (Phi) is 3.55.